The molecule has 1 N–H and O–H groups in total. The number of rotatable bonds is 2. The zero-order valence-electron chi connectivity index (χ0n) is 10.2. The van der Waals surface area contributed by atoms with Gasteiger partial charge in [-0.1, -0.05) is 0 Å². The van der Waals surface area contributed by atoms with Crippen LogP contribution in [0.1, 0.15) is 22.8 Å². The fourth-order valence-corrected chi connectivity index (χ4v) is 1.80. The van der Waals surface area contributed by atoms with Crippen molar-refractivity contribution in [3.05, 3.63) is 70.0 Å². The molecule has 0 heterocycles. The van der Waals surface area contributed by atoms with Crippen LogP contribution in [-0.4, -0.2) is 5.11 Å². The zero-order chi connectivity index (χ0) is 15.0. The minimum atomic E-state index is -1.87. The van der Waals surface area contributed by atoms with E-state index in [1.54, 1.807) is 0 Å². The molecule has 0 bridgehead atoms. The van der Waals surface area contributed by atoms with Gasteiger partial charge in [-0.05, 0) is 24.6 Å². The topological polar surface area (TPSA) is 20.2 Å². The van der Waals surface area contributed by atoms with Crippen LogP contribution in [0.5, 0.6) is 0 Å². The number of aliphatic hydroxyl groups excluding tert-OH is 1. The highest BCUT2D eigenvalue weighted by molar-refractivity contribution is 5.35. The Balaban J connectivity index is 2.54. The van der Waals surface area contributed by atoms with E-state index in [1.165, 1.54) is 6.92 Å². The lowest BCUT2D eigenvalue weighted by atomic mass is 9.98. The molecule has 0 fully saturated rings. The van der Waals surface area contributed by atoms with Crippen LogP contribution in [0.3, 0.4) is 0 Å². The van der Waals surface area contributed by atoms with Gasteiger partial charge in [0.15, 0.2) is 11.6 Å². The Kier molecular flexibility index (Phi) is 3.76. The molecule has 2 rings (SSSR count). The standard InChI is InChI=1S/C14H9F5O/c1-6-2-7(10(16)4-9(6)15)14(20)8-3-12(18)13(19)5-11(8)17/h2-5,14,20H,1H3. The maximum absolute atomic E-state index is 13.6. The third-order valence-electron chi connectivity index (χ3n) is 2.91. The summed E-state index contributed by atoms with van der Waals surface area (Å²) in [4.78, 5) is 0. The molecule has 0 saturated heterocycles. The van der Waals surface area contributed by atoms with E-state index in [-0.39, 0.29) is 11.6 Å². The zero-order valence-corrected chi connectivity index (χ0v) is 10.2. The van der Waals surface area contributed by atoms with Gasteiger partial charge in [-0.3, -0.25) is 0 Å². The monoisotopic (exact) mass is 288 g/mol. The number of benzene rings is 2. The van der Waals surface area contributed by atoms with Gasteiger partial charge in [0.25, 0.3) is 0 Å². The summed E-state index contributed by atoms with van der Waals surface area (Å²) in [5, 5.41) is 9.89. The Morgan fingerprint density at radius 2 is 1.15 bits per heavy atom. The molecule has 0 saturated carbocycles. The first-order valence-corrected chi connectivity index (χ1v) is 5.59. The van der Waals surface area contributed by atoms with Crippen molar-refractivity contribution in [1.82, 2.24) is 0 Å². The number of halogens is 5. The largest absolute Gasteiger partial charge is 0.383 e. The van der Waals surface area contributed by atoms with Crippen molar-refractivity contribution >= 4 is 0 Å². The number of aryl methyl sites for hydroxylation is 1. The first-order chi connectivity index (χ1) is 9.31. The van der Waals surface area contributed by atoms with Crippen LogP contribution in [0.25, 0.3) is 0 Å². The van der Waals surface area contributed by atoms with Crippen LogP contribution in [-0.2, 0) is 0 Å². The van der Waals surface area contributed by atoms with E-state index in [0.29, 0.717) is 12.1 Å². The summed E-state index contributed by atoms with van der Waals surface area (Å²) < 4.78 is 66.1. The maximum Gasteiger partial charge on any atom is 0.161 e. The number of hydrogen-bond donors (Lipinski definition) is 1. The Hall–Kier alpha value is -1.95. The van der Waals surface area contributed by atoms with Crippen LogP contribution in [0.2, 0.25) is 0 Å². The number of hydrogen-bond acceptors (Lipinski definition) is 1. The maximum atomic E-state index is 13.6. The molecule has 20 heavy (non-hydrogen) atoms. The minimum Gasteiger partial charge on any atom is -0.383 e. The van der Waals surface area contributed by atoms with Crippen LogP contribution in [0.4, 0.5) is 22.0 Å². The Morgan fingerprint density at radius 1 is 0.700 bits per heavy atom. The average Bonchev–Trinajstić information content (AvgIpc) is 2.37. The molecule has 0 aliphatic carbocycles. The van der Waals surface area contributed by atoms with Crippen LogP contribution >= 0.6 is 0 Å². The molecular weight excluding hydrogens is 279 g/mol. The van der Waals surface area contributed by atoms with E-state index in [2.05, 4.69) is 0 Å². The second-order valence-corrected chi connectivity index (χ2v) is 4.31. The van der Waals surface area contributed by atoms with Crippen molar-refractivity contribution in [2.24, 2.45) is 0 Å². The summed E-state index contributed by atoms with van der Waals surface area (Å²) in [6.07, 6.45) is -1.87. The molecule has 0 aliphatic rings. The smallest absolute Gasteiger partial charge is 0.161 e. The summed E-state index contributed by atoms with van der Waals surface area (Å²) in [7, 11) is 0. The molecule has 6 heteroatoms. The third kappa shape index (κ3) is 2.51. The number of aliphatic hydroxyl groups is 1. The van der Waals surface area contributed by atoms with Gasteiger partial charge in [0.2, 0.25) is 0 Å². The van der Waals surface area contributed by atoms with E-state index >= 15 is 0 Å². The van der Waals surface area contributed by atoms with Crippen molar-refractivity contribution in [2.45, 2.75) is 13.0 Å². The van der Waals surface area contributed by atoms with Gasteiger partial charge in [-0.2, -0.15) is 0 Å². The molecule has 2 aromatic carbocycles. The summed E-state index contributed by atoms with van der Waals surface area (Å²) in [5.74, 6) is -5.96. The first-order valence-electron chi connectivity index (χ1n) is 5.59. The van der Waals surface area contributed by atoms with Gasteiger partial charge in [-0.25, -0.2) is 22.0 Å². The molecule has 0 radical (unpaired) electrons. The minimum absolute atomic E-state index is 0.0310. The normalized spacial score (nSPS) is 12.6. The second kappa shape index (κ2) is 5.20. The molecule has 0 aromatic heterocycles. The van der Waals surface area contributed by atoms with Gasteiger partial charge in [0.05, 0.1) is 0 Å². The van der Waals surface area contributed by atoms with E-state index in [0.717, 1.165) is 6.07 Å². The third-order valence-corrected chi connectivity index (χ3v) is 2.91. The van der Waals surface area contributed by atoms with Crippen LogP contribution in [0.15, 0.2) is 24.3 Å². The van der Waals surface area contributed by atoms with Crippen molar-refractivity contribution in [1.29, 1.82) is 0 Å². The Bertz CT molecular complexity index is 612. The van der Waals surface area contributed by atoms with Gasteiger partial charge >= 0.3 is 0 Å². The molecule has 0 aliphatic heterocycles. The summed E-state index contributed by atoms with van der Waals surface area (Å²) in [6, 6.07) is 2.21. The highest BCUT2D eigenvalue weighted by atomic mass is 19.2. The van der Waals surface area contributed by atoms with Crippen LogP contribution < -0.4 is 0 Å². The van der Waals surface area contributed by atoms with Crippen molar-refractivity contribution in [3.63, 3.8) is 0 Å². The summed E-state index contributed by atoms with van der Waals surface area (Å²) in [6.45, 7) is 1.33. The fraction of sp³-hybridized carbons (Fsp3) is 0.143. The predicted octanol–water partition coefficient (Wildman–Crippen LogP) is 3.77. The molecule has 2 aromatic rings. The molecule has 0 amide bonds. The van der Waals surface area contributed by atoms with Gasteiger partial charge in [-0.15, -0.1) is 0 Å². The van der Waals surface area contributed by atoms with Gasteiger partial charge in [0.1, 0.15) is 23.6 Å². The average molecular weight is 288 g/mol. The first kappa shape index (κ1) is 14.5. The fourth-order valence-electron chi connectivity index (χ4n) is 1.80. The lowest BCUT2D eigenvalue weighted by Gasteiger charge is -2.14. The quantitative estimate of drug-likeness (QED) is 0.659. The van der Waals surface area contributed by atoms with E-state index in [1.807, 2.05) is 0 Å². The molecular formula is C14H9F5O. The Labute approximate surface area is 111 Å². The molecule has 0 spiro atoms. The second-order valence-electron chi connectivity index (χ2n) is 4.31. The molecule has 106 valence electrons. The highest BCUT2D eigenvalue weighted by Crippen LogP contribution is 2.29. The SMILES string of the molecule is Cc1cc(C(O)c2cc(F)c(F)cc2F)c(F)cc1F. The van der Waals surface area contributed by atoms with E-state index in [4.69, 9.17) is 0 Å². The molecule has 1 atom stereocenters. The van der Waals surface area contributed by atoms with Crippen LogP contribution in [0, 0.1) is 36.0 Å². The van der Waals surface area contributed by atoms with E-state index in [9.17, 15) is 27.1 Å². The Morgan fingerprint density at radius 3 is 1.75 bits per heavy atom. The van der Waals surface area contributed by atoms with Gasteiger partial charge in [0, 0.05) is 23.3 Å². The van der Waals surface area contributed by atoms with Gasteiger partial charge < -0.3 is 5.11 Å². The molecule has 1 unspecified atom stereocenters. The lowest BCUT2D eigenvalue weighted by molar-refractivity contribution is 0.208. The summed E-state index contributed by atoms with van der Waals surface area (Å²) >= 11 is 0. The lowest BCUT2D eigenvalue weighted by Crippen LogP contribution is -2.08. The summed E-state index contributed by atoms with van der Waals surface area (Å²) in [5.41, 5.74) is -1.02. The molecule has 1 nitrogen and oxygen atoms in total. The predicted molar refractivity (Wildman–Crippen MR) is 61.5 cm³/mol. The highest BCUT2D eigenvalue weighted by Gasteiger charge is 2.22. The van der Waals surface area contributed by atoms with Crippen molar-refractivity contribution in [2.75, 3.05) is 0 Å². The van der Waals surface area contributed by atoms with Crippen molar-refractivity contribution in [3.8, 4) is 0 Å². The van der Waals surface area contributed by atoms with Crippen molar-refractivity contribution < 1.29 is 27.1 Å². The van der Waals surface area contributed by atoms with E-state index < -0.39 is 46.3 Å².